The molecule has 0 aliphatic heterocycles. The monoisotopic (exact) mass is 358 g/mol. The van der Waals surface area contributed by atoms with Crippen LogP contribution in [0.15, 0.2) is 45.8 Å². The fourth-order valence-electron chi connectivity index (χ4n) is 1.61. The lowest BCUT2D eigenvalue weighted by Crippen LogP contribution is -2.14. The average molecular weight is 359 g/mol. The number of aryl methyl sites for hydroxylation is 1. The van der Waals surface area contributed by atoms with Crippen LogP contribution >= 0.6 is 15.9 Å². The first-order valence-electron chi connectivity index (χ1n) is 5.63. The molecule has 0 amide bonds. The van der Waals surface area contributed by atoms with Crippen molar-refractivity contribution in [3.63, 3.8) is 0 Å². The average Bonchev–Trinajstić information content (AvgIpc) is 2.36. The molecular weight excluding hydrogens is 347 g/mol. The summed E-state index contributed by atoms with van der Waals surface area (Å²) >= 11 is 3.05. The zero-order valence-electron chi connectivity index (χ0n) is 10.5. The lowest BCUT2D eigenvalue weighted by molar-refractivity contribution is 0.601. The van der Waals surface area contributed by atoms with Crippen LogP contribution in [0.25, 0.3) is 0 Å². The van der Waals surface area contributed by atoms with Crippen molar-refractivity contribution < 1.29 is 12.8 Å². The first-order chi connectivity index (χ1) is 9.29. The highest BCUT2D eigenvalue weighted by Crippen LogP contribution is 2.26. The van der Waals surface area contributed by atoms with E-state index < -0.39 is 15.8 Å². The van der Waals surface area contributed by atoms with Crippen LogP contribution in [-0.2, 0) is 10.0 Å². The van der Waals surface area contributed by atoms with E-state index in [0.29, 0.717) is 11.3 Å². The van der Waals surface area contributed by atoms with Crippen LogP contribution in [0.4, 0.5) is 15.8 Å². The third kappa shape index (κ3) is 3.10. The van der Waals surface area contributed by atoms with E-state index in [9.17, 15) is 12.8 Å². The molecule has 20 heavy (non-hydrogen) atoms. The van der Waals surface area contributed by atoms with Gasteiger partial charge < -0.3 is 5.73 Å². The van der Waals surface area contributed by atoms with Crippen molar-refractivity contribution in [1.82, 2.24) is 0 Å². The molecule has 0 spiro atoms. The number of rotatable bonds is 3. The lowest BCUT2D eigenvalue weighted by atomic mass is 10.2. The minimum Gasteiger partial charge on any atom is -0.399 e. The number of nitrogens with one attached hydrogen (secondary N) is 1. The zero-order chi connectivity index (χ0) is 14.9. The molecule has 4 nitrogen and oxygen atoms in total. The Morgan fingerprint density at radius 1 is 1.20 bits per heavy atom. The molecule has 0 bridgehead atoms. The molecule has 2 aromatic rings. The summed E-state index contributed by atoms with van der Waals surface area (Å²) in [5.41, 5.74) is 6.79. The summed E-state index contributed by atoms with van der Waals surface area (Å²) < 4.78 is 40.5. The maximum absolute atomic E-state index is 13.5. The van der Waals surface area contributed by atoms with E-state index in [1.165, 1.54) is 30.3 Å². The largest absolute Gasteiger partial charge is 0.399 e. The number of hydrogen-bond acceptors (Lipinski definition) is 3. The molecular formula is C13H12BrFN2O2S. The molecule has 0 aliphatic rings. The molecule has 2 aromatic carbocycles. The zero-order valence-corrected chi connectivity index (χ0v) is 12.9. The van der Waals surface area contributed by atoms with Crippen LogP contribution < -0.4 is 10.5 Å². The van der Waals surface area contributed by atoms with Crippen molar-refractivity contribution in [2.24, 2.45) is 0 Å². The second-order valence-corrected chi connectivity index (χ2v) is 6.79. The molecule has 0 saturated carbocycles. The summed E-state index contributed by atoms with van der Waals surface area (Å²) in [6.45, 7) is 1.69. The van der Waals surface area contributed by atoms with Gasteiger partial charge >= 0.3 is 0 Å². The van der Waals surface area contributed by atoms with Crippen molar-refractivity contribution in [2.45, 2.75) is 11.8 Å². The van der Waals surface area contributed by atoms with Gasteiger partial charge in [-0.05, 0) is 64.8 Å². The van der Waals surface area contributed by atoms with Gasteiger partial charge in [0, 0.05) is 5.69 Å². The summed E-state index contributed by atoms with van der Waals surface area (Å²) in [7, 11) is -3.77. The van der Waals surface area contributed by atoms with Crippen molar-refractivity contribution in [3.8, 4) is 0 Å². The third-order valence-corrected chi connectivity index (χ3v) is 4.69. The van der Waals surface area contributed by atoms with Gasteiger partial charge in [0.15, 0.2) is 0 Å². The van der Waals surface area contributed by atoms with Crippen LogP contribution in [0.3, 0.4) is 0 Å². The Bertz CT molecular complexity index is 746. The molecule has 3 N–H and O–H groups in total. The summed E-state index contributed by atoms with van der Waals surface area (Å²) in [6.07, 6.45) is 0. The fourth-order valence-corrected chi connectivity index (χ4v) is 3.19. The van der Waals surface area contributed by atoms with Crippen LogP contribution in [0.2, 0.25) is 0 Å². The van der Waals surface area contributed by atoms with Gasteiger partial charge in [-0.1, -0.05) is 0 Å². The SMILES string of the molecule is Cc1cc(Br)c(F)cc1NS(=O)(=O)c1ccc(N)cc1. The Balaban J connectivity index is 2.38. The van der Waals surface area contributed by atoms with Crippen LogP contribution in [0.1, 0.15) is 5.56 Å². The molecule has 0 radical (unpaired) electrons. The second-order valence-electron chi connectivity index (χ2n) is 4.26. The topological polar surface area (TPSA) is 72.2 Å². The normalized spacial score (nSPS) is 11.3. The number of nitrogens with two attached hydrogens (primary N) is 1. The van der Waals surface area contributed by atoms with Gasteiger partial charge in [-0.15, -0.1) is 0 Å². The minimum absolute atomic E-state index is 0.0643. The molecule has 0 heterocycles. The van der Waals surface area contributed by atoms with Gasteiger partial charge in [0.25, 0.3) is 10.0 Å². The van der Waals surface area contributed by atoms with E-state index in [2.05, 4.69) is 20.7 Å². The molecule has 2 rings (SSSR count). The van der Waals surface area contributed by atoms with E-state index in [-0.39, 0.29) is 15.1 Å². The van der Waals surface area contributed by atoms with Crippen molar-refractivity contribution >= 4 is 37.3 Å². The second kappa shape index (κ2) is 5.41. The Morgan fingerprint density at radius 2 is 1.80 bits per heavy atom. The first-order valence-corrected chi connectivity index (χ1v) is 7.91. The summed E-state index contributed by atoms with van der Waals surface area (Å²) in [5, 5.41) is 0. The quantitative estimate of drug-likeness (QED) is 0.827. The van der Waals surface area contributed by atoms with Gasteiger partial charge in [0.2, 0.25) is 0 Å². The van der Waals surface area contributed by atoms with Crippen LogP contribution in [-0.4, -0.2) is 8.42 Å². The van der Waals surface area contributed by atoms with Crippen molar-refractivity contribution in [1.29, 1.82) is 0 Å². The van der Waals surface area contributed by atoms with E-state index in [1.54, 1.807) is 6.92 Å². The maximum Gasteiger partial charge on any atom is 0.261 e. The molecule has 106 valence electrons. The number of benzene rings is 2. The first kappa shape index (κ1) is 14.8. The van der Waals surface area contributed by atoms with Crippen LogP contribution in [0.5, 0.6) is 0 Å². The van der Waals surface area contributed by atoms with Gasteiger partial charge in [-0.3, -0.25) is 4.72 Å². The summed E-state index contributed by atoms with van der Waals surface area (Å²) in [5.74, 6) is -0.536. The third-order valence-electron chi connectivity index (χ3n) is 2.70. The highest BCUT2D eigenvalue weighted by Gasteiger charge is 2.16. The highest BCUT2D eigenvalue weighted by atomic mass is 79.9. The number of halogens is 2. The predicted octanol–water partition coefficient (Wildman–Crippen LogP) is 3.28. The van der Waals surface area contributed by atoms with Gasteiger partial charge in [-0.2, -0.15) is 0 Å². The number of anilines is 2. The molecule has 0 unspecified atom stereocenters. The maximum atomic E-state index is 13.5. The molecule has 0 atom stereocenters. The van der Waals surface area contributed by atoms with E-state index in [1.807, 2.05) is 0 Å². The molecule has 0 saturated heterocycles. The molecule has 0 aliphatic carbocycles. The lowest BCUT2D eigenvalue weighted by Gasteiger charge is -2.11. The number of sulfonamides is 1. The van der Waals surface area contributed by atoms with Crippen molar-refractivity contribution in [3.05, 3.63) is 52.3 Å². The standard InChI is InChI=1S/C13H12BrFN2O2S/c1-8-6-11(14)12(15)7-13(8)17-20(18,19)10-4-2-9(16)3-5-10/h2-7,17H,16H2,1H3. The van der Waals surface area contributed by atoms with Gasteiger partial charge in [0.05, 0.1) is 15.1 Å². The van der Waals surface area contributed by atoms with E-state index in [4.69, 9.17) is 5.73 Å². The minimum atomic E-state index is -3.77. The molecule has 0 aromatic heterocycles. The summed E-state index contributed by atoms with van der Waals surface area (Å²) in [4.78, 5) is 0.0643. The highest BCUT2D eigenvalue weighted by molar-refractivity contribution is 9.10. The Hall–Kier alpha value is -1.60. The Kier molecular flexibility index (Phi) is 4.01. The Morgan fingerprint density at radius 3 is 2.40 bits per heavy atom. The fraction of sp³-hybridized carbons (Fsp3) is 0.0769. The van der Waals surface area contributed by atoms with Crippen molar-refractivity contribution in [2.75, 3.05) is 10.5 Å². The van der Waals surface area contributed by atoms with Gasteiger partial charge in [-0.25, -0.2) is 12.8 Å². The molecule has 7 heteroatoms. The Labute approximate surface area is 125 Å². The number of nitrogen functional groups attached to an aromatic ring is 1. The predicted molar refractivity (Wildman–Crippen MR) is 80.5 cm³/mol. The van der Waals surface area contributed by atoms with E-state index >= 15 is 0 Å². The smallest absolute Gasteiger partial charge is 0.261 e. The van der Waals surface area contributed by atoms with Crippen LogP contribution in [0, 0.1) is 12.7 Å². The summed E-state index contributed by atoms with van der Waals surface area (Å²) in [6, 6.07) is 8.40. The number of hydrogen-bond donors (Lipinski definition) is 2. The van der Waals surface area contributed by atoms with E-state index in [0.717, 1.165) is 6.07 Å². The molecule has 0 fully saturated rings. The van der Waals surface area contributed by atoms with Gasteiger partial charge in [0.1, 0.15) is 5.82 Å².